The maximum atomic E-state index is 2.43. The molecule has 3 aliphatic rings. The summed E-state index contributed by atoms with van der Waals surface area (Å²) >= 11 is 1.87. The standard InChI is InChI=1S/C38H22S.C36H22.C32H20/c1-2-10-28-27(7-1)22-35-33-20-25(15-17-29(33)32-13-6-12-31(28)38(32)35)23-8-5-9-24(19-23)26-16-18-37-34(21-26)30-11-3-4-14-36(30)39-37;1-2-7-23(8-3-1)24-13-15-25(16-14-24)27-18-20-29-31-11-6-12-32-30-19-17-26-9-4-5-10-28(26)34(30)22-35(36(31)32)33(29)21-27;1-2-7-21(8-3-1)22-13-15-23(16-14-22)24-17-18-27-29-12-6-11-28-26-10-5-4-9-25(26)20-31(32(28)29)30(27)19-24/h1-22H;1-22H;1-20H. The zero-order chi connectivity index (χ0) is 70.2. The van der Waals surface area contributed by atoms with Crippen molar-refractivity contribution in [3.8, 4) is 134 Å². The van der Waals surface area contributed by atoms with Gasteiger partial charge in [0.25, 0.3) is 0 Å². The van der Waals surface area contributed by atoms with E-state index in [2.05, 4.69) is 388 Å². The summed E-state index contributed by atoms with van der Waals surface area (Å²) in [7, 11) is 0. The minimum Gasteiger partial charge on any atom is -0.135 e. The molecule has 1 aromatic heterocycles. The molecule has 1 heteroatoms. The predicted octanol–water partition coefficient (Wildman–Crippen LogP) is 30.4. The van der Waals surface area contributed by atoms with Gasteiger partial charge in [0.05, 0.1) is 0 Å². The second-order valence-corrected chi connectivity index (χ2v) is 29.9. The Morgan fingerprint density at radius 1 is 0.121 bits per heavy atom. The fourth-order valence-electron chi connectivity index (χ4n) is 17.9. The molecule has 0 saturated carbocycles. The third-order valence-corrected chi connectivity index (χ3v) is 24.2. The maximum absolute atomic E-state index is 2.43. The average molecular weight is 1370 g/mol. The van der Waals surface area contributed by atoms with Gasteiger partial charge in [0.1, 0.15) is 0 Å². The van der Waals surface area contributed by atoms with E-state index in [-0.39, 0.29) is 0 Å². The van der Waals surface area contributed by atoms with Crippen LogP contribution in [0.15, 0.2) is 388 Å². The van der Waals surface area contributed by atoms with Gasteiger partial charge in [-0.15, -0.1) is 11.3 Å². The van der Waals surface area contributed by atoms with Crippen molar-refractivity contribution in [2.45, 2.75) is 0 Å². The number of hydrogen-bond acceptors (Lipinski definition) is 1. The van der Waals surface area contributed by atoms with Gasteiger partial charge in [0, 0.05) is 20.2 Å². The minimum atomic E-state index is 1.25. The third kappa shape index (κ3) is 9.97. The first-order chi connectivity index (χ1) is 53.0. The Morgan fingerprint density at radius 2 is 0.449 bits per heavy atom. The molecule has 3 aliphatic carbocycles. The lowest BCUT2D eigenvalue weighted by Gasteiger charge is -2.11. The van der Waals surface area contributed by atoms with Crippen LogP contribution < -0.4 is 0 Å². The summed E-state index contributed by atoms with van der Waals surface area (Å²) < 4.78 is 2.69. The zero-order valence-electron chi connectivity index (χ0n) is 58.4. The molecule has 1 heterocycles. The minimum absolute atomic E-state index is 1.25. The summed E-state index contributed by atoms with van der Waals surface area (Å²) in [5.74, 6) is 0. The van der Waals surface area contributed by atoms with Crippen molar-refractivity contribution in [1.82, 2.24) is 0 Å². The number of benzene rings is 20. The van der Waals surface area contributed by atoms with Crippen LogP contribution in [-0.4, -0.2) is 0 Å². The van der Waals surface area contributed by atoms with E-state index in [9.17, 15) is 0 Å². The van der Waals surface area contributed by atoms with Crippen LogP contribution in [0.5, 0.6) is 0 Å². The summed E-state index contributed by atoms with van der Waals surface area (Å²) in [4.78, 5) is 0. The average Bonchev–Trinajstić information content (AvgIpc) is 1.56. The zero-order valence-corrected chi connectivity index (χ0v) is 59.2. The summed E-state index contributed by atoms with van der Waals surface area (Å²) in [5.41, 5.74) is 31.1. The van der Waals surface area contributed by atoms with Crippen molar-refractivity contribution in [2.24, 2.45) is 0 Å². The molecule has 494 valence electrons. The van der Waals surface area contributed by atoms with Crippen LogP contribution in [0.2, 0.25) is 0 Å². The molecule has 0 saturated heterocycles. The lowest BCUT2D eigenvalue weighted by Crippen LogP contribution is -1.84. The van der Waals surface area contributed by atoms with Gasteiger partial charge in [0.15, 0.2) is 0 Å². The van der Waals surface area contributed by atoms with Gasteiger partial charge in [0.2, 0.25) is 0 Å². The fourth-order valence-corrected chi connectivity index (χ4v) is 19.0. The predicted molar refractivity (Wildman–Crippen MR) is 461 cm³/mol. The molecule has 0 atom stereocenters. The first kappa shape index (κ1) is 61.0. The highest BCUT2D eigenvalue weighted by molar-refractivity contribution is 7.25. The van der Waals surface area contributed by atoms with Crippen LogP contribution in [0.3, 0.4) is 0 Å². The number of rotatable bonds is 6. The Kier molecular flexibility index (Phi) is 14.0. The van der Waals surface area contributed by atoms with Gasteiger partial charge >= 0.3 is 0 Å². The van der Waals surface area contributed by atoms with Crippen LogP contribution in [0.25, 0.3) is 229 Å². The third-order valence-electron chi connectivity index (χ3n) is 23.0. The quantitative estimate of drug-likeness (QED) is 0.146. The molecule has 0 radical (unpaired) electrons. The molecule has 0 unspecified atom stereocenters. The SMILES string of the molecule is c1cc(-c2ccc3c(c2)-c2cc4ccccc4c4cccc-3c24)cc(-c2ccc3sc4ccccc4c3c2)c1.c1ccc(-c2ccc(-c3ccc4c(c3)-c3cc5c6ccccc6ccc5c5cccc-4c35)cc2)cc1.c1ccc(-c2ccc(-c3ccc4c(c3)-c3cc5ccccc5c5cccc-4c35)cc2)cc1. The maximum Gasteiger partial charge on any atom is 0.0355 e. The highest BCUT2D eigenvalue weighted by atomic mass is 32.1. The molecule has 0 amide bonds. The number of hydrogen-bond donors (Lipinski definition) is 0. The highest BCUT2D eigenvalue weighted by Crippen LogP contribution is 2.55. The van der Waals surface area contributed by atoms with Gasteiger partial charge in [-0.1, -0.05) is 328 Å². The van der Waals surface area contributed by atoms with Gasteiger partial charge in [-0.2, -0.15) is 0 Å². The van der Waals surface area contributed by atoms with E-state index in [1.54, 1.807) is 0 Å². The van der Waals surface area contributed by atoms with Crippen molar-refractivity contribution in [1.29, 1.82) is 0 Å². The Balaban J connectivity index is 0.000000100. The lowest BCUT2D eigenvalue weighted by atomic mass is 9.93. The topological polar surface area (TPSA) is 0 Å². The van der Waals surface area contributed by atoms with E-state index < -0.39 is 0 Å². The lowest BCUT2D eigenvalue weighted by molar-refractivity contribution is 1.59. The van der Waals surface area contributed by atoms with Crippen molar-refractivity contribution in [3.63, 3.8) is 0 Å². The van der Waals surface area contributed by atoms with Crippen molar-refractivity contribution >= 4 is 107 Å². The Morgan fingerprint density at radius 3 is 0.953 bits per heavy atom. The second-order valence-electron chi connectivity index (χ2n) is 28.8. The molecule has 0 bridgehead atoms. The van der Waals surface area contributed by atoms with E-state index in [1.807, 2.05) is 11.3 Å². The van der Waals surface area contributed by atoms with E-state index >= 15 is 0 Å². The Labute approximate surface area is 624 Å². The summed E-state index contributed by atoms with van der Waals surface area (Å²) in [6, 6.07) is 143. The van der Waals surface area contributed by atoms with Gasteiger partial charge in [-0.05, 0) is 270 Å². The Bertz CT molecular complexity index is 7260. The van der Waals surface area contributed by atoms with Crippen molar-refractivity contribution in [2.75, 3.05) is 0 Å². The van der Waals surface area contributed by atoms with Crippen LogP contribution in [0.1, 0.15) is 0 Å². The molecule has 20 aromatic carbocycles. The van der Waals surface area contributed by atoms with Crippen LogP contribution in [0.4, 0.5) is 0 Å². The molecule has 107 heavy (non-hydrogen) atoms. The first-order valence-corrected chi connectivity index (χ1v) is 37.9. The molecule has 0 fully saturated rings. The molecule has 0 nitrogen and oxygen atoms in total. The summed E-state index contributed by atoms with van der Waals surface area (Å²) in [6.07, 6.45) is 0. The summed E-state index contributed by atoms with van der Waals surface area (Å²) in [6.45, 7) is 0. The second kappa shape index (κ2) is 24.5. The Hall–Kier alpha value is -13.6. The first-order valence-electron chi connectivity index (χ1n) is 37.1. The van der Waals surface area contributed by atoms with Crippen LogP contribution in [-0.2, 0) is 0 Å². The van der Waals surface area contributed by atoms with E-state index in [0.29, 0.717) is 0 Å². The van der Waals surface area contributed by atoms with E-state index in [1.165, 1.54) is 229 Å². The number of fused-ring (bicyclic) bond motifs is 20. The molecule has 0 spiro atoms. The van der Waals surface area contributed by atoms with Gasteiger partial charge in [-0.25, -0.2) is 0 Å². The number of thiophene rings is 1. The molecule has 21 aromatic rings. The van der Waals surface area contributed by atoms with E-state index in [0.717, 1.165) is 0 Å². The van der Waals surface area contributed by atoms with Crippen molar-refractivity contribution in [3.05, 3.63) is 388 Å². The highest BCUT2D eigenvalue weighted by Gasteiger charge is 2.27. The van der Waals surface area contributed by atoms with Gasteiger partial charge in [-0.3, -0.25) is 0 Å². The molecular formula is C106H64S. The molecule has 0 N–H and O–H groups in total. The fraction of sp³-hybridized carbons (Fsp3) is 0. The van der Waals surface area contributed by atoms with Crippen LogP contribution in [0, 0.1) is 0 Å². The smallest absolute Gasteiger partial charge is 0.0355 e. The van der Waals surface area contributed by atoms with Gasteiger partial charge < -0.3 is 0 Å². The molecular weight excluding hydrogens is 1310 g/mol. The molecule has 24 rings (SSSR count). The summed E-state index contributed by atoms with van der Waals surface area (Å²) in [5, 5.41) is 21.4. The van der Waals surface area contributed by atoms with Crippen molar-refractivity contribution < 1.29 is 0 Å². The van der Waals surface area contributed by atoms with E-state index in [4.69, 9.17) is 0 Å². The van der Waals surface area contributed by atoms with Crippen LogP contribution >= 0.6 is 11.3 Å². The molecule has 0 aliphatic heterocycles. The normalized spacial score (nSPS) is 11.9. The monoisotopic (exact) mass is 1370 g/mol. The largest absolute Gasteiger partial charge is 0.135 e.